The molecule has 5 atom stereocenters. The Labute approximate surface area is 321 Å². The van der Waals surface area contributed by atoms with Crippen molar-refractivity contribution in [3.05, 3.63) is 144 Å². The molecule has 3 heterocycles. The summed E-state index contributed by atoms with van der Waals surface area (Å²) in [5.41, 5.74) is 2.09. The summed E-state index contributed by atoms with van der Waals surface area (Å²) in [6.45, 7) is -0.306. The van der Waals surface area contributed by atoms with Gasteiger partial charge in [-0.25, -0.2) is 15.0 Å². The van der Waals surface area contributed by atoms with Crippen LogP contribution in [0.25, 0.3) is 11.2 Å². The average Bonchev–Trinajstić information content (AvgIpc) is 3.81. The minimum Gasteiger partial charge on any atom is -0.497 e. The lowest BCUT2D eigenvalue weighted by Gasteiger charge is -2.40. The van der Waals surface area contributed by atoms with Crippen molar-refractivity contribution < 1.29 is 41.9 Å². The first-order valence-electron chi connectivity index (χ1n) is 17.1. The van der Waals surface area contributed by atoms with Gasteiger partial charge in [0.2, 0.25) is 0 Å². The molecule has 284 valence electrons. The molecule has 55 heavy (non-hydrogen) atoms. The lowest BCUT2D eigenvalue weighted by Crippen LogP contribution is -2.45. The van der Waals surface area contributed by atoms with E-state index in [1.165, 1.54) is 12.7 Å². The van der Waals surface area contributed by atoms with Crippen molar-refractivity contribution in [1.82, 2.24) is 19.5 Å². The van der Waals surface area contributed by atoms with E-state index in [2.05, 4.69) is 20.3 Å². The summed E-state index contributed by atoms with van der Waals surface area (Å²) in [5, 5.41) is 2.83. The van der Waals surface area contributed by atoms with Gasteiger partial charge in [-0.3, -0.25) is 13.9 Å². The number of amides is 1. The third kappa shape index (κ3) is 7.86. The van der Waals surface area contributed by atoms with Gasteiger partial charge in [0, 0.05) is 11.8 Å². The number of hydrogen-bond acceptors (Lipinski definition) is 12. The van der Waals surface area contributed by atoms with E-state index in [9.17, 15) is 14.3 Å². The number of rotatable bonds is 15. The highest BCUT2D eigenvalue weighted by Crippen LogP contribution is 2.47. The van der Waals surface area contributed by atoms with Crippen molar-refractivity contribution in [2.24, 2.45) is 0 Å². The largest absolute Gasteiger partial charge is 0.497 e. The zero-order chi connectivity index (χ0) is 38.4. The number of aromatic nitrogens is 4. The quantitative estimate of drug-likeness (QED) is 0.0666. The molecule has 1 saturated heterocycles. The van der Waals surface area contributed by atoms with Gasteiger partial charge >= 0.3 is 8.25 Å². The average molecular weight is 784 g/mol. The van der Waals surface area contributed by atoms with Crippen LogP contribution in [-0.4, -0.2) is 75.7 Å². The van der Waals surface area contributed by atoms with Gasteiger partial charge in [0.25, 0.3) is 5.91 Å². The molecule has 2 aromatic heterocycles. The first kappa shape index (κ1) is 38.2. The summed E-state index contributed by atoms with van der Waals surface area (Å²) in [4.78, 5) is 36.3. The SMILES string of the molecule is COc1ccc(C(OC2C(CO[PH](=O)O)OC(n3cnc4c(NC(=O)c5ccccc5)ncnc43)C2OSC)(c2ccccc2)c2ccc(OC)cc2)cc1. The molecular formula is C39H38N5O9PS. The number of ether oxygens (including phenoxy) is 4. The second-order valence-corrected chi connectivity index (χ2v) is 13.7. The normalized spacial score (nSPS) is 18.9. The third-order valence-corrected chi connectivity index (χ3v) is 10.1. The van der Waals surface area contributed by atoms with E-state index < -0.39 is 38.4 Å². The minimum atomic E-state index is -3.37. The monoisotopic (exact) mass is 783 g/mol. The number of methoxy groups -OCH3 is 2. The number of hydrogen-bond donors (Lipinski definition) is 2. The fourth-order valence-electron chi connectivity index (χ4n) is 6.71. The summed E-state index contributed by atoms with van der Waals surface area (Å²) in [7, 11) is -0.173. The van der Waals surface area contributed by atoms with E-state index in [1.807, 2.05) is 84.9 Å². The van der Waals surface area contributed by atoms with Crippen molar-refractivity contribution in [2.45, 2.75) is 30.1 Å². The molecular weight excluding hydrogens is 745 g/mol. The molecule has 7 rings (SSSR count). The molecule has 0 saturated carbocycles. The highest BCUT2D eigenvalue weighted by Gasteiger charge is 2.53. The lowest BCUT2D eigenvalue weighted by molar-refractivity contribution is -0.105. The Morgan fingerprint density at radius 3 is 2.04 bits per heavy atom. The van der Waals surface area contributed by atoms with Gasteiger partial charge in [0.05, 0.1) is 27.2 Å². The second kappa shape index (κ2) is 17.1. The molecule has 1 amide bonds. The van der Waals surface area contributed by atoms with Crippen molar-refractivity contribution in [1.29, 1.82) is 0 Å². The molecule has 6 aromatic rings. The van der Waals surface area contributed by atoms with E-state index in [4.69, 9.17) is 27.7 Å². The molecule has 1 aliphatic rings. The van der Waals surface area contributed by atoms with Crippen LogP contribution in [0.2, 0.25) is 0 Å². The molecule has 14 nitrogen and oxygen atoms in total. The van der Waals surface area contributed by atoms with E-state index >= 15 is 0 Å². The maximum absolute atomic E-state index is 13.1. The molecule has 2 N–H and O–H groups in total. The number of imidazole rings is 1. The zero-order valence-corrected chi connectivity index (χ0v) is 31.8. The van der Waals surface area contributed by atoms with Gasteiger partial charge in [-0.2, -0.15) is 0 Å². The molecule has 0 bridgehead atoms. The Kier molecular flexibility index (Phi) is 11.9. The third-order valence-electron chi connectivity index (χ3n) is 9.25. The fraction of sp³-hybridized carbons (Fsp3) is 0.231. The summed E-state index contributed by atoms with van der Waals surface area (Å²) in [6, 6.07) is 33.6. The zero-order valence-electron chi connectivity index (χ0n) is 30.0. The van der Waals surface area contributed by atoms with Crippen molar-refractivity contribution in [3.63, 3.8) is 0 Å². The first-order chi connectivity index (χ1) is 26.9. The highest BCUT2D eigenvalue weighted by molar-refractivity contribution is 7.93. The Morgan fingerprint density at radius 2 is 1.45 bits per heavy atom. The molecule has 0 radical (unpaired) electrons. The van der Waals surface area contributed by atoms with Crippen LogP contribution in [0.5, 0.6) is 11.5 Å². The lowest BCUT2D eigenvalue weighted by atomic mass is 9.79. The molecule has 0 spiro atoms. The van der Waals surface area contributed by atoms with Crippen LogP contribution in [0, 0.1) is 0 Å². The predicted octanol–water partition coefficient (Wildman–Crippen LogP) is 6.43. The molecule has 16 heteroatoms. The van der Waals surface area contributed by atoms with Gasteiger partial charge in [0.1, 0.15) is 41.7 Å². The Balaban J connectivity index is 1.35. The van der Waals surface area contributed by atoms with Crippen LogP contribution < -0.4 is 14.8 Å². The summed E-state index contributed by atoms with van der Waals surface area (Å²) in [5.74, 6) is 1.14. The maximum atomic E-state index is 13.1. The number of benzene rings is 4. The predicted molar refractivity (Wildman–Crippen MR) is 206 cm³/mol. The topological polar surface area (TPSA) is 165 Å². The first-order valence-corrected chi connectivity index (χ1v) is 19.5. The van der Waals surface area contributed by atoms with Gasteiger partial charge in [-0.15, -0.1) is 0 Å². The van der Waals surface area contributed by atoms with Gasteiger partial charge in [0.15, 0.2) is 23.2 Å². The number of nitrogens with one attached hydrogen (secondary N) is 1. The van der Waals surface area contributed by atoms with Gasteiger partial charge in [-0.05, 0) is 65.1 Å². The summed E-state index contributed by atoms with van der Waals surface area (Å²) < 4.78 is 50.5. The smallest absolute Gasteiger partial charge is 0.316 e. The van der Waals surface area contributed by atoms with Gasteiger partial charge < -0.3 is 37.9 Å². The van der Waals surface area contributed by atoms with E-state index in [0.717, 1.165) is 28.7 Å². The number of nitrogens with zero attached hydrogens (tertiary/aromatic N) is 4. The summed E-state index contributed by atoms with van der Waals surface area (Å²) in [6.07, 6.45) is 0.905. The maximum Gasteiger partial charge on any atom is 0.316 e. The molecule has 0 aliphatic carbocycles. The Morgan fingerprint density at radius 1 is 0.855 bits per heavy atom. The van der Waals surface area contributed by atoms with Crippen LogP contribution in [0.15, 0.2) is 122 Å². The van der Waals surface area contributed by atoms with Crippen LogP contribution >= 0.6 is 20.3 Å². The Bertz CT molecular complexity index is 2180. The van der Waals surface area contributed by atoms with E-state index in [0.29, 0.717) is 28.2 Å². The Hall–Kier alpha value is -5.12. The van der Waals surface area contributed by atoms with Crippen LogP contribution in [0.4, 0.5) is 5.82 Å². The minimum absolute atomic E-state index is 0.201. The number of fused-ring (bicyclic) bond motifs is 1. The van der Waals surface area contributed by atoms with Crippen LogP contribution in [0.1, 0.15) is 33.3 Å². The summed E-state index contributed by atoms with van der Waals surface area (Å²) >= 11 is 1.11. The molecule has 5 unspecified atom stereocenters. The van der Waals surface area contributed by atoms with E-state index in [-0.39, 0.29) is 18.3 Å². The van der Waals surface area contributed by atoms with E-state index in [1.54, 1.807) is 49.3 Å². The number of anilines is 1. The van der Waals surface area contributed by atoms with Crippen molar-refractivity contribution >= 4 is 43.2 Å². The fourth-order valence-corrected chi connectivity index (χ4v) is 7.44. The van der Waals surface area contributed by atoms with Crippen LogP contribution in [-0.2, 0) is 28.3 Å². The highest BCUT2D eigenvalue weighted by atomic mass is 32.2. The standard InChI is InChI=1S/C39H38N5O9PS/c1-48-29-18-14-27(15-19-29)39(26-12-8-5-9-13-26,28-16-20-30(49-2)21-17-28)52-33-31(22-50-54(46)47)51-38(34(33)53-55-3)44-24-42-32-35(40-23-41-36(32)44)43-37(45)25-10-6-4-7-11-25/h4-21,23-24,31,33-34,38,54H,22H2,1-3H3,(H,46,47)(H,40,41,43,45). The van der Waals surface area contributed by atoms with Crippen molar-refractivity contribution in [2.75, 3.05) is 32.4 Å². The number of carbonyl (C=O) groups excluding carboxylic acids is 1. The second-order valence-electron chi connectivity index (χ2n) is 12.3. The molecule has 1 fully saturated rings. The number of carbonyl (C=O) groups is 1. The van der Waals surface area contributed by atoms with Crippen LogP contribution in [0.3, 0.4) is 0 Å². The van der Waals surface area contributed by atoms with Gasteiger partial charge in [-0.1, -0.05) is 72.8 Å². The molecule has 4 aromatic carbocycles. The molecule has 1 aliphatic heterocycles. The van der Waals surface area contributed by atoms with Crippen molar-refractivity contribution in [3.8, 4) is 11.5 Å².